The van der Waals surface area contributed by atoms with Crippen molar-refractivity contribution in [1.82, 2.24) is 0 Å². The molecule has 0 aromatic heterocycles. The topological polar surface area (TPSA) is 26.0 Å². The number of halogens is 1. The molecule has 13 heavy (non-hydrogen) atoms. The van der Waals surface area contributed by atoms with E-state index in [9.17, 15) is 0 Å². The Balaban J connectivity index is 2.19. The van der Waals surface area contributed by atoms with E-state index in [1.807, 2.05) is 0 Å². The predicted molar refractivity (Wildman–Crippen MR) is 58.8 cm³/mol. The fraction of sp³-hybridized carbons (Fsp3) is 0.455. The van der Waals surface area contributed by atoms with Crippen molar-refractivity contribution in [1.29, 1.82) is 0 Å². The molecule has 0 heterocycles. The molecule has 0 unspecified atom stereocenters. The van der Waals surface area contributed by atoms with Gasteiger partial charge in [0.1, 0.15) is 0 Å². The highest BCUT2D eigenvalue weighted by Crippen LogP contribution is 2.47. The maximum Gasteiger partial charge on any atom is 0.0207 e. The van der Waals surface area contributed by atoms with Crippen LogP contribution >= 0.6 is 15.9 Å². The average molecular weight is 240 g/mol. The van der Waals surface area contributed by atoms with Crippen molar-refractivity contribution in [2.75, 3.05) is 6.54 Å². The third-order valence-corrected chi connectivity index (χ3v) is 3.70. The first-order chi connectivity index (χ1) is 6.22. The van der Waals surface area contributed by atoms with E-state index < -0.39 is 0 Å². The molecule has 1 aromatic carbocycles. The van der Waals surface area contributed by atoms with E-state index in [1.54, 1.807) is 0 Å². The molecular weight excluding hydrogens is 226 g/mol. The minimum Gasteiger partial charge on any atom is -0.330 e. The van der Waals surface area contributed by atoms with Crippen LogP contribution in [0.4, 0.5) is 0 Å². The van der Waals surface area contributed by atoms with E-state index in [0.717, 1.165) is 18.4 Å². The van der Waals surface area contributed by atoms with Crippen LogP contribution in [0.5, 0.6) is 0 Å². The fourth-order valence-corrected chi connectivity index (χ4v) is 2.15. The molecular formula is C11H14BrN. The molecule has 0 spiro atoms. The van der Waals surface area contributed by atoms with E-state index in [0.29, 0.717) is 0 Å². The van der Waals surface area contributed by atoms with Crippen LogP contribution in [-0.4, -0.2) is 6.54 Å². The Morgan fingerprint density at radius 1 is 1.54 bits per heavy atom. The standard InChI is InChI=1S/C11H14BrN/c1-7-2-3-8(5-11(7)12)10-4-9(10)6-13/h2-3,5,9-10H,4,6,13H2,1H3/t9-,10-/m0/s1. The number of hydrogen-bond donors (Lipinski definition) is 1. The van der Waals surface area contributed by atoms with E-state index in [-0.39, 0.29) is 0 Å². The summed E-state index contributed by atoms with van der Waals surface area (Å²) in [5.74, 6) is 1.46. The van der Waals surface area contributed by atoms with Crippen molar-refractivity contribution >= 4 is 15.9 Å². The molecule has 2 heteroatoms. The minimum atomic E-state index is 0.724. The molecule has 1 aliphatic carbocycles. The molecule has 0 radical (unpaired) electrons. The van der Waals surface area contributed by atoms with Gasteiger partial charge in [0.25, 0.3) is 0 Å². The van der Waals surface area contributed by atoms with Gasteiger partial charge in [-0.3, -0.25) is 0 Å². The summed E-state index contributed by atoms with van der Waals surface area (Å²) in [4.78, 5) is 0. The molecule has 2 atom stereocenters. The molecule has 1 fully saturated rings. The van der Waals surface area contributed by atoms with Crippen LogP contribution in [0.15, 0.2) is 22.7 Å². The molecule has 2 N–H and O–H groups in total. The Labute approximate surface area is 87.5 Å². The lowest BCUT2D eigenvalue weighted by molar-refractivity contribution is 0.809. The smallest absolute Gasteiger partial charge is 0.0207 e. The van der Waals surface area contributed by atoms with Crippen molar-refractivity contribution in [3.05, 3.63) is 33.8 Å². The van der Waals surface area contributed by atoms with Gasteiger partial charge in [0.15, 0.2) is 0 Å². The van der Waals surface area contributed by atoms with Crippen LogP contribution < -0.4 is 5.73 Å². The van der Waals surface area contributed by atoms with Crippen LogP contribution in [0.1, 0.15) is 23.5 Å². The monoisotopic (exact) mass is 239 g/mol. The molecule has 2 rings (SSSR count). The number of benzene rings is 1. The maximum absolute atomic E-state index is 5.62. The van der Waals surface area contributed by atoms with Crippen LogP contribution in [0.25, 0.3) is 0 Å². The summed E-state index contributed by atoms with van der Waals surface area (Å²) in [7, 11) is 0. The summed E-state index contributed by atoms with van der Waals surface area (Å²) in [6, 6.07) is 6.63. The molecule has 0 amide bonds. The molecule has 70 valence electrons. The van der Waals surface area contributed by atoms with Gasteiger partial charge < -0.3 is 5.73 Å². The molecule has 1 saturated carbocycles. The number of aryl methyl sites for hydroxylation is 1. The lowest BCUT2D eigenvalue weighted by atomic mass is 10.1. The van der Waals surface area contributed by atoms with Crippen LogP contribution in [0.2, 0.25) is 0 Å². The summed E-state index contributed by atoms with van der Waals surface area (Å²) in [5, 5.41) is 0. The third-order valence-electron chi connectivity index (χ3n) is 2.85. The van der Waals surface area contributed by atoms with Crippen molar-refractivity contribution in [3.63, 3.8) is 0 Å². The van der Waals surface area contributed by atoms with E-state index in [4.69, 9.17) is 5.73 Å². The Kier molecular flexibility index (Phi) is 2.43. The zero-order chi connectivity index (χ0) is 9.42. The number of rotatable bonds is 2. The largest absolute Gasteiger partial charge is 0.330 e. The Morgan fingerprint density at radius 2 is 2.31 bits per heavy atom. The van der Waals surface area contributed by atoms with Gasteiger partial charge in [0.05, 0.1) is 0 Å². The van der Waals surface area contributed by atoms with Gasteiger partial charge in [-0.05, 0) is 48.9 Å². The quantitative estimate of drug-likeness (QED) is 0.845. The second-order valence-corrected chi connectivity index (χ2v) is 4.70. The van der Waals surface area contributed by atoms with Gasteiger partial charge in [-0.25, -0.2) is 0 Å². The second-order valence-electron chi connectivity index (χ2n) is 3.85. The summed E-state index contributed by atoms with van der Waals surface area (Å²) >= 11 is 3.55. The van der Waals surface area contributed by atoms with Gasteiger partial charge in [-0.1, -0.05) is 28.1 Å². The predicted octanol–water partition coefficient (Wildman–Crippen LogP) is 2.82. The van der Waals surface area contributed by atoms with Crippen LogP contribution in [0.3, 0.4) is 0 Å². The normalized spacial score (nSPS) is 26.1. The van der Waals surface area contributed by atoms with Gasteiger partial charge in [-0.2, -0.15) is 0 Å². The first kappa shape index (κ1) is 9.22. The van der Waals surface area contributed by atoms with E-state index in [2.05, 4.69) is 41.1 Å². The molecule has 0 bridgehead atoms. The average Bonchev–Trinajstić information content (AvgIpc) is 2.88. The highest BCUT2D eigenvalue weighted by atomic mass is 79.9. The highest BCUT2D eigenvalue weighted by Gasteiger charge is 2.36. The Bertz CT molecular complexity index is 322. The third kappa shape index (κ3) is 1.79. The molecule has 0 saturated heterocycles. The van der Waals surface area contributed by atoms with Crippen molar-refractivity contribution in [2.24, 2.45) is 11.7 Å². The minimum absolute atomic E-state index is 0.724. The van der Waals surface area contributed by atoms with Gasteiger partial charge in [0.2, 0.25) is 0 Å². The van der Waals surface area contributed by atoms with E-state index >= 15 is 0 Å². The summed E-state index contributed by atoms with van der Waals surface area (Å²) < 4.78 is 1.22. The SMILES string of the molecule is Cc1ccc([C@@H]2C[C@H]2CN)cc1Br. The summed E-state index contributed by atoms with van der Waals surface area (Å²) in [5.41, 5.74) is 8.36. The molecule has 0 aliphatic heterocycles. The van der Waals surface area contributed by atoms with Crippen molar-refractivity contribution in [3.8, 4) is 0 Å². The molecule has 1 nitrogen and oxygen atoms in total. The van der Waals surface area contributed by atoms with E-state index in [1.165, 1.54) is 22.0 Å². The Morgan fingerprint density at radius 3 is 2.85 bits per heavy atom. The van der Waals surface area contributed by atoms with Crippen molar-refractivity contribution in [2.45, 2.75) is 19.3 Å². The zero-order valence-electron chi connectivity index (χ0n) is 7.76. The first-order valence-electron chi connectivity index (χ1n) is 4.68. The van der Waals surface area contributed by atoms with Gasteiger partial charge in [-0.15, -0.1) is 0 Å². The number of hydrogen-bond acceptors (Lipinski definition) is 1. The van der Waals surface area contributed by atoms with Gasteiger partial charge in [0, 0.05) is 4.47 Å². The van der Waals surface area contributed by atoms with Gasteiger partial charge >= 0.3 is 0 Å². The first-order valence-corrected chi connectivity index (χ1v) is 5.48. The summed E-state index contributed by atoms with van der Waals surface area (Å²) in [6.07, 6.45) is 1.27. The van der Waals surface area contributed by atoms with Crippen LogP contribution in [0, 0.1) is 12.8 Å². The maximum atomic E-state index is 5.62. The molecule has 1 aromatic rings. The second kappa shape index (κ2) is 3.43. The number of nitrogens with two attached hydrogens (primary N) is 1. The summed E-state index contributed by atoms with van der Waals surface area (Å²) in [6.45, 7) is 2.94. The highest BCUT2D eigenvalue weighted by molar-refractivity contribution is 9.10. The Hall–Kier alpha value is -0.340. The van der Waals surface area contributed by atoms with Crippen LogP contribution in [-0.2, 0) is 0 Å². The van der Waals surface area contributed by atoms with Crippen molar-refractivity contribution < 1.29 is 0 Å². The lowest BCUT2D eigenvalue weighted by Crippen LogP contribution is -2.01. The molecule has 1 aliphatic rings. The lowest BCUT2D eigenvalue weighted by Gasteiger charge is -2.02. The zero-order valence-corrected chi connectivity index (χ0v) is 9.34. The fourth-order valence-electron chi connectivity index (χ4n) is 1.76.